The summed E-state index contributed by atoms with van der Waals surface area (Å²) in [6.07, 6.45) is 11.3. The minimum atomic E-state index is -0.956. The number of carbonyl (C=O) groups excluding carboxylic acids is 8. The first-order valence-corrected chi connectivity index (χ1v) is 26.7. The molecule has 1 radical (unpaired) electrons. The molecule has 8 aromatic rings. The van der Waals surface area contributed by atoms with Gasteiger partial charge in [-0.2, -0.15) is 0 Å². The van der Waals surface area contributed by atoms with Crippen LogP contribution in [0.3, 0.4) is 0 Å². The van der Waals surface area contributed by atoms with Gasteiger partial charge in [0.15, 0.2) is 23.1 Å². The van der Waals surface area contributed by atoms with Crippen LogP contribution in [0.25, 0.3) is 5.41 Å². The molecule has 2 atom stereocenters. The molecule has 9 rings (SSSR count). The number of H-pyrrole nitrogens is 1. The van der Waals surface area contributed by atoms with E-state index in [0.29, 0.717) is 79.1 Å². The van der Waals surface area contributed by atoms with Crippen molar-refractivity contribution in [3.8, 4) is 0 Å². The normalized spacial score (nSPS) is 11.8. The minimum absolute atomic E-state index is 0. The molecular weight excluding hydrogens is 1120 g/mol. The molecular formula is C66H58K2N9O8. The molecule has 0 aliphatic heterocycles. The van der Waals surface area contributed by atoms with Gasteiger partial charge in [-0.3, -0.25) is 38.4 Å². The van der Waals surface area contributed by atoms with Crippen molar-refractivity contribution in [2.45, 2.75) is 44.2 Å². The molecule has 1 aliphatic carbocycles. The smallest absolute Gasteiger partial charge is 0.454 e. The van der Waals surface area contributed by atoms with Crippen LogP contribution in [0, 0.1) is 0 Å². The van der Waals surface area contributed by atoms with E-state index in [4.69, 9.17) is 5.73 Å². The van der Waals surface area contributed by atoms with E-state index < -0.39 is 41.7 Å². The zero-order valence-corrected chi connectivity index (χ0v) is 53.2. The van der Waals surface area contributed by atoms with Crippen molar-refractivity contribution in [3.05, 3.63) is 286 Å². The van der Waals surface area contributed by atoms with Crippen LogP contribution in [0.4, 0.5) is 11.4 Å². The van der Waals surface area contributed by atoms with Crippen LogP contribution >= 0.6 is 0 Å². The maximum Gasteiger partial charge on any atom is 1.00 e. The second-order valence-electron chi connectivity index (χ2n) is 19.1. The molecule has 417 valence electrons. The van der Waals surface area contributed by atoms with Gasteiger partial charge in [0.25, 0.3) is 11.8 Å². The second-order valence-corrected chi connectivity index (χ2v) is 19.1. The van der Waals surface area contributed by atoms with E-state index in [0.717, 1.165) is 12.8 Å². The van der Waals surface area contributed by atoms with Gasteiger partial charge < -0.3 is 42.7 Å². The van der Waals surface area contributed by atoms with Crippen molar-refractivity contribution >= 4 is 115 Å². The van der Waals surface area contributed by atoms with Crippen molar-refractivity contribution in [1.29, 1.82) is 0 Å². The van der Waals surface area contributed by atoms with E-state index in [-0.39, 0.29) is 145 Å². The number of ketones is 4. The molecule has 2 unspecified atom stereocenters. The summed E-state index contributed by atoms with van der Waals surface area (Å²) in [6, 6.07) is 50.5. The third kappa shape index (κ3) is 19.7. The average molecular weight is 1180 g/mol. The Morgan fingerprint density at radius 1 is 0.518 bits per heavy atom. The zero-order valence-electron chi connectivity index (χ0n) is 46.9. The van der Waals surface area contributed by atoms with Crippen molar-refractivity contribution in [3.63, 3.8) is 0 Å². The fourth-order valence-electron chi connectivity index (χ4n) is 8.80. The Morgan fingerprint density at radius 3 is 1.39 bits per heavy atom. The number of hydrogen-bond acceptors (Lipinski definition) is 9. The van der Waals surface area contributed by atoms with Crippen LogP contribution in [0.5, 0.6) is 0 Å². The molecule has 1 aromatic heterocycles. The number of nitrogens with two attached hydrogens (primary N) is 1. The number of benzene rings is 7. The van der Waals surface area contributed by atoms with Crippen LogP contribution in [0.1, 0.15) is 110 Å². The van der Waals surface area contributed by atoms with E-state index in [2.05, 4.69) is 36.6 Å². The number of nitrogens with zero attached hydrogens (tertiary/aromatic N) is 2. The van der Waals surface area contributed by atoms with Gasteiger partial charge in [-0.1, -0.05) is 158 Å². The Kier molecular flexibility index (Phi) is 26.4. The van der Waals surface area contributed by atoms with Gasteiger partial charge in [-0.15, -0.1) is 0 Å². The summed E-state index contributed by atoms with van der Waals surface area (Å²) in [4.78, 5) is 111. The Morgan fingerprint density at radius 2 is 0.941 bits per heavy atom. The maximum atomic E-state index is 13.4. The number of rotatable bonds is 22. The Hall–Kier alpha value is -7.67. The molecule has 0 spiro atoms. The van der Waals surface area contributed by atoms with Crippen molar-refractivity contribution in [2.75, 3.05) is 17.2 Å². The summed E-state index contributed by atoms with van der Waals surface area (Å²) >= 11 is 0. The average Bonchev–Trinajstić information content (AvgIpc) is 4.20. The second kappa shape index (κ2) is 33.7. The number of anilines is 2. The van der Waals surface area contributed by atoms with E-state index >= 15 is 0 Å². The predicted octanol–water partition coefficient (Wildman–Crippen LogP) is 5.84. The number of guanidine groups is 1. The van der Waals surface area contributed by atoms with Crippen LogP contribution < -0.4 is 83.7 Å². The van der Waals surface area contributed by atoms with Crippen LogP contribution in [0.2, 0.25) is 0 Å². The number of amides is 4. The quantitative estimate of drug-likeness (QED) is 0.0139. The van der Waals surface area contributed by atoms with Gasteiger partial charge in [0, 0.05) is 143 Å². The van der Waals surface area contributed by atoms with Gasteiger partial charge in [0.1, 0.15) is 12.1 Å². The SMILES string of the molecule is O=C(NC(Cc1cnc[nH]1)C(=O)Nc1cccc(C(=O)c2ccccc2)c1)c1ccc(C(=O)c2ccccc2)cc1.[K+].[K].[N-]=C(N)NCCCC(NC(=O)c1ccc(C(=O)C2=CCCC=C2)cc1)C(=O)Nc1cccc(C(=O)c2ccccc2)c1. The predicted molar refractivity (Wildman–Crippen MR) is 324 cm³/mol. The molecule has 1 heterocycles. The molecule has 0 saturated heterocycles. The molecule has 0 saturated carbocycles. The Labute approximate surface area is 576 Å². The standard InChI is InChI=1S/C33H32N5O4.C33H26N4O4.2K/c34-33(35)36-20-8-15-28(32(42)37-27-14-7-13-26(21-27)30(40)23-11-5-2-6-12-23)38-31(41)25-18-16-24(17-19-25)29(39)22-9-3-1-4-10-22;38-30(22-8-3-1-4-9-22)24-14-16-25(17-15-24)32(40)37-29(19-28-20-34-21-35-28)33(41)36-27-13-7-12-26(18-27)31(39)23-10-5-2-6-11-23;;/h2-3,5-7,9-14,16-19,21,28H,1,4,8,15,20H2,(H5-,34,35,36,37,38,41,42);1-18,20-21,29H,19H2,(H,34,35)(H,36,41)(H,37,40);;/q-1;;;+1. The van der Waals surface area contributed by atoms with E-state index in [1.54, 1.807) is 182 Å². The van der Waals surface area contributed by atoms with Crippen molar-refractivity contribution < 1.29 is 89.7 Å². The topological polar surface area (TPSA) is 274 Å². The number of imidazole rings is 1. The summed E-state index contributed by atoms with van der Waals surface area (Å²) in [6.45, 7) is 0.282. The van der Waals surface area contributed by atoms with E-state index in [9.17, 15) is 43.8 Å². The molecule has 85 heavy (non-hydrogen) atoms. The number of allylic oxidation sites excluding steroid dienone is 4. The molecule has 7 aromatic carbocycles. The zero-order chi connectivity index (χ0) is 58.5. The number of aromatic nitrogens is 2. The van der Waals surface area contributed by atoms with E-state index in [1.807, 2.05) is 30.4 Å². The first-order chi connectivity index (χ1) is 40.3. The molecule has 1 aliphatic rings. The number of aromatic amines is 1. The number of nitrogens with one attached hydrogen (secondary N) is 6. The van der Waals surface area contributed by atoms with Gasteiger partial charge in [0.2, 0.25) is 11.8 Å². The minimum Gasteiger partial charge on any atom is -0.454 e. The van der Waals surface area contributed by atoms with Crippen molar-refractivity contribution in [2.24, 2.45) is 5.73 Å². The van der Waals surface area contributed by atoms with E-state index in [1.165, 1.54) is 6.33 Å². The van der Waals surface area contributed by atoms with Crippen LogP contribution in [-0.4, -0.2) is 133 Å². The molecule has 17 nitrogen and oxygen atoms in total. The summed E-state index contributed by atoms with van der Waals surface area (Å²) in [5.74, 6) is -2.95. The Balaban J connectivity index is 0.000000266. The van der Waals surface area contributed by atoms with Gasteiger partial charge >= 0.3 is 51.4 Å². The van der Waals surface area contributed by atoms with Gasteiger partial charge in [-0.25, -0.2) is 4.98 Å². The number of hydrogen-bond donors (Lipinski definition) is 7. The maximum absolute atomic E-state index is 13.4. The summed E-state index contributed by atoms with van der Waals surface area (Å²) in [5.41, 5.74) is 11.3. The summed E-state index contributed by atoms with van der Waals surface area (Å²) < 4.78 is 0. The van der Waals surface area contributed by atoms with Crippen LogP contribution in [-0.2, 0) is 16.0 Å². The third-order valence-corrected chi connectivity index (χ3v) is 13.2. The molecule has 19 heteroatoms. The Bertz CT molecular complexity index is 3690. The first kappa shape index (κ1) is 66.5. The number of Topliss-reactive ketones (excluding diaryl/α,β-unsaturated/α-hetero) is 1. The summed E-state index contributed by atoms with van der Waals surface area (Å²) in [7, 11) is 0. The number of carbonyl (C=O) groups is 8. The fraction of sp³-hybridized carbons (Fsp3) is 0.121. The molecule has 0 fully saturated rings. The monoisotopic (exact) mass is 1180 g/mol. The third-order valence-electron chi connectivity index (χ3n) is 13.2. The molecule has 8 N–H and O–H groups in total. The van der Waals surface area contributed by atoms with Gasteiger partial charge in [-0.05, 0) is 80.8 Å². The first-order valence-electron chi connectivity index (χ1n) is 26.7. The van der Waals surface area contributed by atoms with Crippen LogP contribution in [0.15, 0.2) is 224 Å². The molecule has 4 amide bonds. The largest absolute Gasteiger partial charge is 1.00 e. The summed E-state index contributed by atoms with van der Waals surface area (Å²) in [5, 5.41) is 22.9. The molecule has 0 bridgehead atoms. The fourth-order valence-corrected chi connectivity index (χ4v) is 8.80. The van der Waals surface area contributed by atoms with Crippen molar-refractivity contribution in [1.82, 2.24) is 25.9 Å². The van der Waals surface area contributed by atoms with Gasteiger partial charge in [0.05, 0.1) is 6.33 Å².